The van der Waals surface area contributed by atoms with Crippen LogP contribution in [0.4, 0.5) is 0 Å². The second-order valence-corrected chi connectivity index (χ2v) is 8.44. The molecule has 1 aliphatic rings. The molecule has 0 radical (unpaired) electrons. The normalized spacial score (nSPS) is 27.0. The highest BCUT2D eigenvalue weighted by Crippen LogP contribution is 2.24. The van der Waals surface area contributed by atoms with E-state index in [0.29, 0.717) is 0 Å². The van der Waals surface area contributed by atoms with Crippen LogP contribution in [0.3, 0.4) is 0 Å². The number of hydrogen-bond acceptors (Lipinski definition) is 11. The Kier molecular flexibility index (Phi) is 12.2. The van der Waals surface area contributed by atoms with E-state index < -0.39 is 91.1 Å². The van der Waals surface area contributed by atoms with E-state index in [0.717, 1.165) is 14.0 Å². The molecular weight excluding hydrogens is 484 g/mol. The fraction of sp³-hybridized carbons (Fsp3) is 0.762. The summed E-state index contributed by atoms with van der Waals surface area (Å²) in [7, 11) is 1.16. The smallest absolute Gasteiger partial charge is 0.328 e. The molecule has 0 saturated carbocycles. The van der Waals surface area contributed by atoms with Gasteiger partial charge >= 0.3 is 5.97 Å². The first kappa shape index (κ1) is 31.2. The van der Waals surface area contributed by atoms with Gasteiger partial charge < -0.3 is 50.8 Å². The SMILES string of the molecule is COC(=O)[C@H](C)NC(=O)[C@H](C)NC(=O)[C@@H](NC(C)=O)[C@@H](C)O[C@H]1O[C@H](CO)[C@H](O)[C@H](O)[C@H]1NC(C)=O. The van der Waals surface area contributed by atoms with E-state index in [4.69, 9.17) is 9.47 Å². The van der Waals surface area contributed by atoms with Gasteiger partial charge in [0, 0.05) is 13.8 Å². The van der Waals surface area contributed by atoms with Crippen LogP contribution in [0, 0.1) is 0 Å². The number of esters is 1. The molecule has 1 saturated heterocycles. The standard InChI is InChI=1S/C21H36N4O11/c1-8(18(31)23-9(2)20(33)34-6)22-19(32)14(24-11(4)27)10(3)35-21-15(25-12(5)28)17(30)16(29)13(7-26)36-21/h8-10,13-17,21,26,29-30H,7H2,1-6H3,(H,22,32)(H,23,31)(H,24,27)(H,25,28)/t8-,9-,10+,13+,14-,15+,16-,17+,21-/m0/s1. The van der Waals surface area contributed by atoms with Gasteiger partial charge in [-0.2, -0.15) is 0 Å². The summed E-state index contributed by atoms with van der Waals surface area (Å²) in [5, 5.41) is 39.6. The van der Waals surface area contributed by atoms with Crippen LogP contribution in [0.2, 0.25) is 0 Å². The number of aliphatic hydroxyl groups excluding tert-OH is 3. The highest BCUT2D eigenvalue weighted by molar-refractivity contribution is 5.93. The molecule has 0 unspecified atom stereocenters. The molecule has 15 heteroatoms. The number of carbonyl (C=O) groups is 5. The van der Waals surface area contributed by atoms with Crippen LogP contribution in [0.5, 0.6) is 0 Å². The Bertz CT molecular complexity index is 811. The second-order valence-electron chi connectivity index (χ2n) is 8.44. The van der Waals surface area contributed by atoms with Gasteiger partial charge in [0.2, 0.25) is 23.6 Å². The molecule has 9 atom stereocenters. The van der Waals surface area contributed by atoms with E-state index in [1.807, 2.05) is 0 Å². The first-order valence-electron chi connectivity index (χ1n) is 11.2. The minimum Gasteiger partial charge on any atom is -0.467 e. The number of methoxy groups -OCH3 is 1. The molecule has 0 bridgehead atoms. The van der Waals surface area contributed by atoms with Crippen molar-refractivity contribution in [1.82, 2.24) is 21.3 Å². The molecule has 1 rings (SSSR count). The molecule has 7 N–H and O–H groups in total. The maximum atomic E-state index is 12.9. The molecule has 4 amide bonds. The molecule has 206 valence electrons. The molecular formula is C21H36N4O11. The van der Waals surface area contributed by atoms with Crippen molar-refractivity contribution >= 4 is 29.6 Å². The number of aliphatic hydroxyl groups is 3. The second kappa shape index (κ2) is 14.0. The molecule has 0 spiro atoms. The number of amides is 4. The Hall–Kier alpha value is -2.85. The zero-order valence-electron chi connectivity index (χ0n) is 21.0. The van der Waals surface area contributed by atoms with Crippen molar-refractivity contribution in [2.45, 2.75) is 89.5 Å². The Morgan fingerprint density at radius 1 is 0.889 bits per heavy atom. The molecule has 0 aromatic heterocycles. The van der Waals surface area contributed by atoms with Crippen molar-refractivity contribution in [1.29, 1.82) is 0 Å². The molecule has 0 aliphatic carbocycles. The fourth-order valence-electron chi connectivity index (χ4n) is 3.43. The lowest BCUT2D eigenvalue weighted by Crippen LogP contribution is -2.66. The van der Waals surface area contributed by atoms with Crippen LogP contribution in [0.15, 0.2) is 0 Å². The number of hydrogen-bond donors (Lipinski definition) is 7. The maximum Gasteiger partial charge on any atom is 0.328 e. The van der Waals surface area contributed by atoms with Crippen molar-refractivity contribution in [3.8, 4) is 0 Å². The number of nitrogens with one attached hydrogen (secondary N) is 4. The van der Waals surface area contributed by atoms with Crippen LogP contribution >= 0.6 is 0 Å². The van der Waals surface area contributed by atoms with Crippen molar-refractivity contribution in [2.24, 2.45) is 0 Å². The average Bonchev–Trinajstić information content (AvgIpc) is 2.80. The van der Waals surface area contributed by atoms with Gasteiger partial charge in [-0.3, -0.25) is 19.2 Å². The predicted molar refractivity (Wildman–Crippen MR) is 121 cm³/mol. The summed E-state index contributed by atoms with van der Waals surface area (Å²) in [6.07, 6.45) is -6.95. The first-order valence-corrected chi connectivity index (χ1v) is 11.2. The van der Waals surface area contributed by atoms with Gasteiger partial charge in [-0.05, 0) is 20.8 Å². The summed E-state index contributed by atoms with van der Waals surface area (Å²) in [4.78, 5) is 60.1. The monoisotopic (exact) mass is 520 g/mol. The van der Waals surface area contributed by atoms with Gasteiger partial charge in [-0.25, -0.2) is 4.79 Å². The zero-order valence-corrected chi connectivity index (χ0v) is 21.0. The minimum atomic E-state index is -1.58. The lowest BCUT2D eigenvalue weighted by atomic mass is 9.96. The predicted octanol–water partition coefficient (Wildman–Crippen LogP) is -3.98. The van der Waals surface area contributed by atoms with Crippen LogP contribution in [0.1, 0.15) is 34.6 Å². The highest BCUT2D eigenvalue weighted by Gasteiger charge is 2.46. The van der Waals surface area contributed by atoms with Gasteiger partial charge in [0.25, 0.3) is 0 Å². The lowest BCUT2D eigenvalue weighted by Gasteiger charge is -2.43. The third-order valence-corrected chi connectivity index (χ3v) is 5.38. The number of ether oxygens (including phenoxy) is 3. The van der Waals surface area contributed by atoms with E-state index in [1.165, 1.54) is 27.7 Å². The molecule has 36 heavy (non-hydrogen) atoms. The van der Waals surface area contributed by atoms with E-state index in [-0.39, 0.29) is 0 Å². The molecule has 0 aromatic carbocycles. The van der Waals surface area contributed by atoms with Crippen LogP contribution in [-0.4, -0.2) is 114 Å². The Morgan fingerprint density at radius 2 is 1.47 bits per heavy atom. The largest absolute Gasteiger partial charge is 0.467 e. The van der Waals surface area contributed by atoms with Crippen LogP contribution in [-0.2, 0) is 38.2 Å². The molecule has 1 fully saturated rings. The Balaban J connectivity index is 3.01. The van der Waals surface area contributed by atoms with E-state index >= 15 is 0 Å². The Morgan fingerprint density at radius 3 is 1.97 bits per heavy atom. The van der Waals surface area contributed by atoms with E-state index in [2.05, 4.69) is 26.0 Å². The Labute approximate surface area is 208 Å². The van der Waals surface area contributed by atoms with Crippen molar-refractivity contribution in [2.75, 3.05) is 13.7 Å². The lowest BCUT2D eigenvalue weighted by molar-refractivity contribution is -0.281. The van der Waals surface area contributed by atoms with Crippen molar-refractivity contribution < 1.29 is 53.5 Å². The van der Waals surface area contributed by atoms with Gasteiger partial charge in [0.15, 0.2) is 6.29 Å². The summed E-state index contributed by atoms with van der Waals surface area (Å²) in [5.41, 5.74) is 0. The van der Waals surface area contributed by atoms with E-state index in [9.17, 15) is 39.3 Å². The van der Waals surface area contributed by atoms with Crippen LogP contribution < -0.4 is 21.3 Å². The summed E-state index contributed by atoms with van der Waals surface area (Å²) in [6, 6.07) is -4.73. The molecule has 1 heterocycles. The van der Waals surface area contributed by atoms with Gasteiger partial charge in [-0.15, -0.1) is 0 Å². The summed E-state index contributed by atoms with van der Waals surface area (Å²) < 4.78 is 15.7. The molecule has 1 aliphatic heterocycles. The number of carbonyl (C=O) groups excluding carboxylic acids is 5. The van der Waals surface area contributed by atoms with Crippen molar-refractivity contribution in [3.05, 3.63) is 0 Å². The minimum absolute atomic E-state index is 0.573. The quantitative estimate of drug-likeness (QED) is 0.130. The summed E-state index contributed by atoms with van der Waals surface area (Å²) in [5.74, 6) is -3.38. The molecule has 0 aromatic rings. The first-order chi connectivity index (χ1) is 16.7. The maximum absolute atomic E-state index is 12.9. The highest BCUT2D eigenvalue weighted by atomic mass is 16.7. The van der Waals surface area contributed by atoms with E-state index in [1.54, 1.807) is 0 Å². The number of rotatable bonds is 11. The van der Waals surface area contributed by atoms with Crippen LogP contribution in [0.25, 0.3) is 0 Å². The van der Waals surface area contributed by atoms with Gasteiger partial charge in [0.1, 0.15) is 42.5 Å². The summed E-state index contributed by atoms with van der Waals surface area (Å²) >= 11 is 0. The fourth-order valence-corrected chi connectivity index (χ4v) is 3.43. The average molecular weight is 521 g/mol. The third kappa shape index (κ3) is 8.67. The topological polar surface area (TPSA) is 222 Å². The third-order valence-electron chi connectivity index (χ3n) is 5.38. The molecule has 15 nitrogen and oxygen atoms in total. The van der Waals surface area contributed by atoms with Gasteiger partial charge in [-0.1, -0.05) is 0 Å². The van der Waals surface area contributed by atoms with Gasteiger partial charge in [0.05, 0.1) is 19.8 Å². The van der Waals surface area contributed by atoms with Crippen molar-refractivity contribution in [3.63, 3.8) is 0 Å². The summed E-state index contributed by atoms with van der Waals surface area (Å²) in [6.45, 7) is 5.79. The zero-order chi connectivity index (χ0) is 27.7.